The number of nitrogens with zero attached hydrogens (tertiary/aromatic N) is 1. The van der Waals surface area contributed by atoms with E-state index in [2.05, 4.69) is 24.1 Å². The van der Waals surface area contributed by atoms with Crippen LogP contribution in [0.1, 0.15) is 27.2 Å². The van der Waals surface area contributed by atoms with Crippen LogP contribution >= 0.6 is 0 Å². The highest BCUT2D eigenvalue weighted by molar-refractivity contribution is 5.81. The van der Waals surface area contributed by atoms with Gasteiger partial charge in [-0.05, 0) is 20.3 Å². The lowest BCUT2D eigenvalue weighted by molar-refractivity contribution is -0.123. The molecular weight excluding hydrogens is 218 g/mol. The Morgan fingerprint density at radius 3 is 2.59 bits per heavy atom. The van der Waals surface area contributed by atoms with Gasteiger partial charge in [0.05, 0.1) is 19.3 Å². The van der Waals surface area contributed by atoms with Crippen molar-refractivity contribution in [3.63, 3.8) is 0 Å². The first-order chi connectivity index (χ1) is 7.97. The number of morpholine rings is 1. The Balaban J connectivity index is 2.40. The van der Waals surface area contributed by atoms with Crippen LogP contribution < -0.4 is 11.1 Å². The lowest BCUT2D eigenvalue weighted by Crippen LogP contribution is -2.56. The van der Waals surface area contributed by atoms with Crippen LogP contribution in [0.15, 0.2) is 0 Å². The fourth-order valence-electron chi connectivity index (χ4n) is 1.90. The van der Waals surface area contributed by atoms with Crippen LogP contribution in [0, 0.1) is 0 Å². The number of hydrogen-bond acceptors (Lipinski definition) is 4. The van der Waals surface area contributed by atoms with E-state index in [1.165, 1.54) is 0 Å². The molecule has 1 aliphatic rings. The van der Waals surface area contributed by atoms with Crippen LogP contribution in [0.2, 0.25) is 0 Å². The smallest absolute Gasteiger partial charge is 0.236 e. The molecule has 1 rings (SSSR count). The normalized spacial score (nSPS) is 20.0. The summed E-state index contributed by atoms with van der Waals surface area (Å²) in [5.74, 6) is -0.0613. The quantitative estimate of drug-likeness (QED) is 0.710. The van der Waals surface area contributed by atoms with Gasteiger partial charge in [0.25, 0.3) is 0 Å². The molecule has 0 radical (unpaired) electrons. The Kier molecular flexibility index (Phi) is 5.36. The number of carbonyl (C=O) groups is 1. The largest absolute Gasteiger partial charge is 0.379 e. The van der Waals surface area contributed by atoms with E-state index in [1.807, 2.05) is 6.92 Å². The fraction of sp³-hybridized carbons (Fsp3) is 0.917. The van der Waals surface area contributed by atoms with Gasteiger partial charge in [-0.3, -0.25) is 9.69 Å². The number of nitrogens with two attached hydrogens (primary N) is 1. The summed E-state index contributed by atoms with van der Waals surface area (Å²) in [6, 6.07) is -0.393. The van der Waals surface area contributed by atoms with Crippen LogP contribution in [-0.2, 0) is 9.53 Å². The van der Waals surface area contributed by atoms with Crippen LogP contribution in [-0.4, -0.2) is 55.2 Å². The monoisotopic (exact) mass is 243 g/mol. The van der Waals surface area contributed by atoms with Crippen molar-refractivity contribution < 1.29 is 9.53 Å². The van der Waals surface area contributed by atoms with E-state index in [0.29, 0.717) is 13.0 Å². The molecular formula is C12H25N3O2. The summed E-state index contributed by atoms with van der Waals surface area (Å²) >= 11 is 0. The van der Waals surface area contributed by atoms with Gasteiger partial charge in [-0.15, -0.1) is 0 Å². The minimum absolute atomic E-state index is 0.0487. The third kappa shape index (κ3) is 4.26. The second-order valence-corrected chi connectivity index (χ2v) is 5.14. The Morgan fingerprint density at radius 2 is 2.06 bits per heavy atom. The summed E-state index contributed by atoms with van der Waals surface area (Å²) in [6.07, 6.45) is 0.670. The maximum absolute atomic E-state index is 11.6. The second kappa shape index (κ2) is 6.33. The van der Waals surface area contributed by atoms with E-state index in [1.54, 1.807) is 0 Å². The van der Waals surface area contributed by atoms with Crippen LogP contribution in [0.4, 0.5) is 0 Å². The average Bonchev–Trinajstić information content (AvgIpc) is 2.36. The predicted octanol–water partition coefficient (Wildman–Crippen LogP) is -0.0493. The molecule has 0 bridgehead atoms. The molecule has 1 atom stereocenters. The zero-order valence-corrected chi connectivity index (χ0v) is 11.2. The van der Waals surface area contributed by atoms with E-state index in [9.17, 15) is 4.79 Å². The second-order valence-electron chi connectivity index (χ2n) is 5.14. The maximum atomic E-state index is 11.6. The minimum atomic E-state index is -0.393. The van der Waals surface area contributed by atoms with Crippen LogP contribution in [0.25, 0.3) is 0 Å². The molecule has 3 N–H and O–H groups in total. The van der Waals surface area contributed by atoms with Crippen molar-refractivity contribution in [2.75, 3.05) is 32.8 Å². The summed E-state index contributed by atoms with van der Waals surface area (Å²) < 4.78 is 5.33. The molecule has 100 valence electrons. The maximum Gasteiger partial charge on any atom is 0.236 e. The summed E-state index contributed by atoms with van der Waals surface area (Å²) in [5, 5.41) is 2.92. The van der Waals surface area contributed by atoms with E-state index in [-0.39, 0.29) is 11.4 Å². The Bertz CT molecular complexity index is 250. The Labute approximate surface area is 104 Å². The standard InChI is InChI=1S/C12H25N3O2/c1-4-10(13)11(16)14-9-12(2,3)15-5-7-17-8-6-15/h10H,4-9,13H2,1-3H3,(H,14,16)/t10-/m1/s1. The Hall–Kier alpha value is -0.650. The molecule has 5 nitrogen and oxygen atoms in total. The molecule has 0 aliphatic carbocycles. The highest BCUT2D eigenvalue weighted by Gasteiger charge is 2.28. The fourth-order valence-corrected chi connectivity index (χ4v) is 1.90. The summed E-state index contributed by atoms with van der Waals surface area (Å²) in [4.78, 5) is 14.0. The summed E-state index contributed by atoms with van der Waals surface area (Å²) in [7, 11) is 0. The molecule has 0 unspecified atom stereocenters. The van der Waals surface area contributed by atoms with Crippen molar-refractivity contribution in [1.29, 1.82) is 0 Å². The third-order valence-electron chi connectivity index (χ3n) is 3.34. The number of rotatable bonds is 5. The van der Waals surface area contributed by atoms with Gasteiger partial charge in [-0.1, -0.05) is 6.92 Å². The molecule has 5 heteroatoms. The highest BCUT2D eigenvalue weighted by Crippen LogP contribution is 2.15. The third-order valence-corrected chi connectivity index (χ3v) is 3.34. The molecule has 0 saturated carbocycles. The van der Waals surface area contributed by atoms with Gasteiger partial charge in [0.1, 0.15) is 0 Å². The summed E-state index contributed by atoms with van der Waals surface area (Å²) in [6.45, 7) is 10.2. The first kappa shape index (κ1) is 14.4. The number of carbonyl (C=O) groups excluding carboxylic acids is 1. The predicted molar refractivity (Wildman–Crippen MR) is 67.7 cm³/mol. The molecule has 1 saturated heterocycles. The van der Waals surface area contributed by atoms with Crippen molar-refractivity contribution in [2.45, 2.75) is 38.8 Å². The van der Waals surface area contributed by atoms with Crippen molar-refractivity contribution >= 4 is 5.91 Å². The summed E-state index contributed by atoms with van der Waals surface area (Å²) in [5.41, 5.74) is 5.63. The SMILES string of the molecule is CC[C@@H](N)C(=O)NCC(C)(C)N1CCOCC1. The molecule has 0 aromatic rings. The zero-order valence-electron chi connectivity index (χ0n) is 11.2. The topological polar surface area (TPSA) is 67.6 Å². The van der Waals surface area contributed by atoms with Gasteiger partial charge in [0, 0.05) is 25.2 Å². The molecule has 1 aliphatic heterocycles. The molecule has 0 aromatic carbocycles. The van der Waals surface area contributed by atoms with Gasteiger partial charge in [-0.25, -0.2) is 0 Å². The van der Waals surface area contributed by atoms with Gasteiger partial charge in [-0.2, -0.15) is 0 Å². The number of hydrogen-bond donors (Lipinski definition) is 2. The van der Waals surface area contributed by atoms with E-state index in [0.717, 1.165) is 26.3 Å². The molecule has 1 amide bonds. The van der Waals surface area contributed by atoms with Crippen LogP contribution in [0.5, 0.6) is 0 Å². The van der Waals surface area contributed by atoms with Gasteiger partial charge in [0.15, 0.2) is 0 Å². The molecule has 17 heavy (non-hydrogen) atoms. The lowest BCUT2D eigenvalue weighted by atomic mass is 10.0. The first-order valence-corrected chi connectivity index (χ1v) is 6.33. The van der Waals surface area contributed by atoms with E-state index < -0.39 is 6.04 Å². The molecule has 1 fully saturated rings. The van der Waals surface area contributed by atoms with Gasteiger partial charge in [0.2, 0.25) is 5.91 Å². The van der Waals surface area contributed by atoms with Crippen LogP contribution in [0.3, 0.4) is 0 Å². The number of nitrogens with one attached hydrogen (secondary N) is 1. The number of ether oxygens (including phenoxy) is 1. The Morgan fingerprint density at radius 1 is 1.47 bits per heavy atom. The van der Waals surface area contributed by atoms with E-state index >= 15 is 0 Å². The molecule has 0 aromatic heterocycles. The molecule has 1 heterocycles. The highest BCUT2D eigenvalue weighted by atomic mass is 16.5. The average molecular weight is 243 g/mol. The lowest BCUT2D eigenvalue weighted by Gasteiger charge is -2.41. The molecule has 0 spiro atoms. The van der Waals surface area contributed by atoms with Gasteiger partial charge >= 0.3 is 0 Å². The zero-order chi connectivity index (χ0) is 12.9. The van der Waals surface area contributed by atoms with E-state index in [4.69, 9.17) is 10.5 Å². The van der Waals surface area contributed by atoms with Crippen molar-refractivity contribution in [2.24, 2.45) is 5.73 Å². The van der Waals surface area contributed by atoms with Crippen molar-refractivity contribution in [3.8, 4) is 0 Å². The first-order valence-electron chi connectivity index (χ1n) is 6.33. The minimum Gasteiger partial charge on any atom is -0.379 e. The van der Waals surface area contributed by atoms with Gasteiger partial charge < -0.3 is 15.8 Å². The number of amides is 1. The van der Waals surface area contributed by atoms with Crippen molar-refractivity contribution in [1.82, 2.24) is 10.2 Å². The van der Waals surface area contributed by atoms with Crippen molar-refractivity contribution in [3.05, 3.63) is 0 Å².